The smallest absolute Gasteiger partial charge is 0.150 e. The molecule has 0 amide bonds. The minimum absolute atomic E-state index is 0.0396. The highest BCUT2D eigenvalue weighted by molar-refractivity contribution is 5.95. The summed E-state index contributed by atoms with van der Waals surface area (Å²) in [4.78, 5) is 3.64. The molecule has 6 heteroatoms. The summed E-state index contributed by atoms with van der Waals surface area (Å²) in [5.74, 6) is -1.73. The molecule has 1 rings (SSSR count). The fraction of sp³-hybridized carbons (Fsp3) is 0.500. The maximum Gasteiger partial charge on any atom is 0.150 e. The van der Waals surface area contributed by atoms with Crippen LogP contribution in [0, 0.1) is 17.0 Å². The molecule has 0 aliphatic rings. The quantitative estimate of drug-likeness (QED) is 0.621. The molecule has 1 aromatic rings. The lowest BCUT2D eigenvalue weighted by Crippen LogP contribution is -2.41. The average molecular weight is 284 g/mol. The number of hydrogen-bond donors (Lipinski definition) is 2. The van der Waals surface area contributed by atoms with Crippen molar-refractivity contribution in [2.24, 2.45) is 5.73 Å². The van der Waals surface area contributed by atoms with Crippen LogP contribution < -0.4 is 10.6 Å². The van der Waals surface area contributed by atoms with Gasteiger partial charge >= 0.3 is 0 Å². The number of hydrogen-bond acceptors (Lipinski definition) is 3. The zero-order valence-corrected chi connectivity index (χ0v) is 12.4. The van der Waals surface area contributed by atoms with Crippen LogP contribution >= 0.6 is 0 Å². The predicted molar refractivity (Wildman–Crippen MR) is 78.4 cm³/mol. The van der Waals surface area contributed by atoms with Gasteiger partial charge in [-0.05, 0) is 40.1 Å². The van der Waals surface area contributed by atoms with E-state index in [9.17, 15) is 8.78 Å². The first-order valence-electron chi connectivity index (χ1n) is 6.52. The van der Waals surface area contributed by atoms with Crippen molar-refractivity contribution in [1.82, 2.24) is 4.90 Å². The van der Waals surface area contributed by atoms with Gasteiger partial charge in [0.25, 0.3) is 0 Å². The van der Waals surface area contributed by atoms with Gasteiger partial charge in [0.2, 0.25) is 0 Å². The average Bonchev–Trinajstić information content (AvgIpc) is 2.32. The fourth-order valence-corrected chi connectivity index (χ4v) is 2.31. The van der Waals surface area contributed by atoms with Crippen molar-refractivity contribution in [2.45, 2.75) is 19.9 Å². The molecule has 1 unspecified atom stereocenters. The van der Waals surface area contributed by atoms with Crippen LogP contribution in [0.2, 0.25) is 0 Å². The lowest BCUT2D eigenvalue weighted by Gasteiger charge is -2.32. The van der Waals surface area contributed by atoms with Gasteiger partial charge in [0.15, 0.2) is 0 Å². The van der Waals surface area contributed by atoms with Crippen molar-refractivity contribution < 1.29 is 8.78 Å². The molecule has 0 aliphatic heterocycles. The molecule has 0 aromatic heterocycles. The molecule has 0 saturated carbocycles. The summed E-state index contributed by atoms with van der Waals surface area (Å²) >= 11 is 0. The van der Waals surface area contributed by atoms with Crippen molar-refractivity contribution in [3.05, 3.63) is 29.3 Å². The Kier molecular flexibility index (Phi) is 5.44. The summed E-state index contributed by atoms with van der Waals surface area (Å²) in [5, 5.41) is 7.25. The molecule has 0 spiro atoms. The highest BCUT2D eigenvalue weighted by Crippen LogP contribution is 2.26. The van der Waals surface area contributed by atoms with Crippen molar-refractivity contribution in [3.8, 4) is 0 Å². The summed E-state index contributed by atoms with van der Waals surface area (Å²) in [6, 6.07) is 2.17. The Hall–Kier alpha value is -1.69. The lowest BCUT2D eigenvalue weighted by molar-refractivity contribution is 0.370. The monoisotopic (exact) mass is 284 g/mol. The van der Waals surface area contributed by atoms with E-state index >= 15 is 0 Å². The molecular formula is C14H22F2N4. The number of nitrogens with two attached hydrogens (primary N) is 1. The third-order valence-electron chi connectivity index (χ3n) is 3.12. The van der Waals surface area contributed by atoms with Crippen LogP contribution in [0.4, 0.5) is 14.5 Å². The molecular weight excluding hydrogens is 262 g/mol. The van der Waals surface area contributed by atoms with Gasteiger partial charge in [0.1, 0.15) is 23.2 Å². The van der Waals surface area contributed by atoms with Gasteiger partial charge < -0.3 is 15.5 Å². The summed E-state index contributed by atoms with van der Waals surface area (Å²) in [6.07, 6.45) is 0. The molecule has 1 aromatic carbocycles. The van der Waals surface area contributed by atoms with Gasteiger partial charge in [-0.3, -0.25) is 5.41 Å². The SMILES string of the molecule is CCN(c1c(F)cc(C(=N)N)cc1F)C(C)CN(C)C. The van der Waals surface area contributed by atoms with Crippen molar-refractivity contribution in [3.63, 3.8) is 0 Å². The molecule has 0 radical (unpaired) electrons. The minimum Gasteiger partial charge on any atom is -0.384 e. The first-order chi connectivity index (χ1) is 9.27. The topological polar surface area (TPSA) is 56.4 Å². The van der Waals surface area contributed by atoms with E-state index in [0.29, 0.717) is 13.1 Å². The zero-order valence-electron chi connectivity index (χ0n) is 12.4. The number of nitrogen functional groups attached to an aromatic ring is 1. The fourth-order valence-electron chi connectivity index (χ4n) is 2.31. The van der Waals surface area contributed by atoms with Gasteiger partial charge in [0.05, 0.1) is 0 Å². The van der Waals surface area contributed by atoms with Crippen LogP contribution in [-0.4, -0.2) is 44.0 Å². The predicted octanol–water partition coefficient (Wildman–Crippen LogP) is 2.03. The molecule has 1 atom stereocenters. The molecule has 3 N–H and O–H groups in total. The van der Waals surface area contributed by atoms with Crippen LogP contribution in [0.15, 0.2) is 12.1 Å². The van der Waals surface area contributed by atoms with Crippen LogP contribution in [0.3, 0.4) is 0 Å². The Bertz CT molecular complexity index is 465. The highest BCUT2D eigenvalue weighted by Gasteiger charge is 2.22. The minimum atomic E-state index is -0.692. The summed E-state index contributed by atoms with van der Waals surface area (Å²) in [6.45, 7) is 4.94. The number of benzene rings is 1. The second-order valence-electron chi connectivity index (χ2n) is 5.10. The van der Waals surface area contributed by atoms with Gasteiger partial charge in [-0.25, -0.2) is 8.78 Å². The van der Waals surface area contributed by atoms with Gasteiger partial charge in [-0.2, -0.15) is 0 Å². The number of nitrogens with zero attached hydrogens (tertiary/aromatic N) is 2. The van der Waals surface area contributed by atoms with Gasteiger partial charge in [-0.15, -0.1) is 0 Å². The molecule has 112 valence electrons. The number of likely N-dealkylation sites (N-methyl/N-ethyl adjacent to an activating group) is 2. The third kappa shape index (κ3) is 3.66. The van der Waals surface area contributed by atoms with E-state index in [1.54, 1.807) is 4.90 Å². The number of amidine groups is 1. The maximum absolute atomic E-state index is 14.2. The van der Waals surface area contributed by atoms with Gasteiger partial charge in [-0.1, -0.05) is 0 Å². The zero-order chi connectivity index (χ0) is 15.4. The van der Waals surface area contributed by atoms with E-state index in [2.05, 4.69) is 0 Å². The maximum atomic E-state index is 14.2. The third-order valence-corrected chi connectivity index (χ3v) is 3.12. The molecule has 20 heavy (non-hydrogen) atoms. The Morgan fingerprint density at radius 3 is 2.15 bits per heavy atom. The van der Waals surface area contributed by atoms with E-state index in [1.807, 2.05) is 32.8 Å². The van der Waals surface area contributed by atoms with Crippen molar-refractivity contribution in [2.75, 3.05) is 32.1 Å². The van der Waals surface area contributed by atoms with Crippen molar-refractivity contribution >= 4 is 11.5 Å². The van der Waals surface area contributed by atoms with Crippen molar-refractivity contribution in [1.29, 1.82) is 5.41 Å². The number of anilines is 1. The van der Waals surface area contributed by atoms with E-state index in [1.165, 1.54) is 0 Å². The molecule has 0 heterocycles. The Morgan fingerprint density at radius 1 is 1.30 bits per heavy atom. The normalized spacial score (nSPS) is 12.6. The highest BCUT2D eigenvalue weighted by atomic mass is 19.1. The second-order valence-corrected chi connectivity index (χ2v) is 5.10. The van der Waals surface area contributed by atoms with E-state index in [-0.39, 0.29) is 23.1 Å². The van der Waals surface area contributed by atoms with Gasteiger partial charge in [0, 0.05) is 24.7 Å². The van der Waals surface area contributed by atoms with Crippen LogP contribution in [0.5, 0.6) is 0 Å². The Morgan fingerprint density at radius 2 is 1.80 bits per heavy atom. The van der Waals surface area contributed by atoms with E-state index < -0.39 is 11.6 Å². The number of rotatable bonds is 6. The van der Waals surface area contributed by atoms with Crippen LogP contribution in [0.1, 0.15) is 19.4 Å². The van der Waals surface area contributed by atoms with E-state index in [0.717, 1.165) is 12.1 Å². The molecule has 0 saturated heterocycles. The molecule has 4 nitrogen and oxygen atoms in total. The largest absolute Gasteiger partial charge is 0.384 e. The second kappa shape index (κ2) is 6.65. The first-order valence-corrected chi connectivity index (χ1v) is 6.52. The van der Waals surface area contributed by atoms with Crippen LogP contribution in [-0.2, 0) is 0 Å². The summed E-state index contributed by atoms with van der Waals surface area (Å²) in [5.41, 5.74) is 5.26. The molecule has 0 aliphatic carbocycles. The summed E-state index contributed by atoms with van der Waals surface area (Å²) in [7, 11) is 3.83. The standard InChI is InChI=1S/C14H22F2N4/c1-5-20(9(2)8-19(3)4)13-11(15)6-10(14(17)18)7-12(13)16/h6-7,9H,5,8H2,1-4H3,(H3,17,18). The lowest BCUT2D eigenvalue weighted by atomic mass is 10.1. The summed E-state index contributed by atoms with van der Waals surface area (Å²) < 4.78 is 28.3. The number of halogens is 2. The molecule has 0 bridgehead atoms. The Balaban J connectivity index is 3.19. The Labute approximate surface area is 118 Å². The molecule has 0 fully saturated rings. The number of nitrogens with one attached hydrogen (secondary N) is 1. The van der Waals surface area contributed by atoms with E-state index in [4.69, 9.17) is 11.1 Å². The van der Waals surface area contributed by atoms with Crippen LogP contribution in [0.25, 0.3) is 0 Å². The first kappa shape index (κ1) is 16.4.